The smallest absolute Gasteiger partial charge is 0.726 e. The van der Waals surface area contributed by atoms with Crippen LogP contribution in [-0.2, 0) is 57.2 Å². The van der Waals surface area contributed by atoms with Crippen LogP contribution in [0.5, 0.6) is 5.75 Å². The van der Waals surface area contributed by atoms with Crippen LogP contribution < -0.4 is 105 Å². The Hall–Kier alpha value is -1.40. The number of amides is 1. The van der Waals surface area contributed by atoms with Gasteiger partial charge in [0.1, 0.15) is 11.4 Å². The fourth-order valence-corrected chi connectivity index (χ4v) is 8.05. The molecule has 0 bridgehead atoms. The molecule has 0 heterocycles. The van der Waals surface area contributed by atoms with E-state index >= 15 is 0 Å². The average molecular weight is 975 g/mol. The molecule has 0 spiro atoms. The quantitative estimate of drug-likeness (QED) is 0.00851. The summed E-state index contributed by atoms with van der Waals surface area (Å²) in [7, 11) is -11.4. The number of nitrogen functional groups attached to an aromatic ring is 1. The summed E-state index contributed by atoms with van der Waals surface area (Å²) < 4.78 is 98.3. The van der Waals surface area contributed by atoms with Gasteiger partial charge in [-0.2, -0.15) is 14.6 Å². The molecule has 0 fully saturated rings. The number of hydrogen-bond donors (Lipinski definition) is 2. The van der Waals surface area contributed by atoms with E-state index in [0.29, 0.717) is 12.0 Å². The number of nitrogens with two attached hydrogens (primary N) is 1. The normalized spacial score (nSPS) is 11.9. The van der Waals surface area contributed by atoms with Crippen molar-refractivity contribution in [1.29, 1.82) is 0 Å². The van der Waals surface area contributed by atoms with Crippen LogP contribution in [-0.4, -0.2) is 89.8 Å². The zero-order valence-electron chi connectivity index (χ0n) is 32.4. The number of hydrogen-bond acceptors (Lipinski definition) is 24. The Bertz CT molecular complexity index is 2490. The number of fused-ring (bicyclic) bond motifs is 1. The van der Waals surface area contributed by atoms with Crippen LogP contribution in [0.2, 0.25) is 0 Å². The van der Waals surface area contributed by atoms with Gasteiger partial charge in [-0.25, -0.2) is 25.3 Å². The summed E-state index contributed by atoms with van der Waals surface area (Å²) in [6.45, 7) is -1.46. The second kappa shape index (κ2) is 27.2. The van der Waals surface area contributed by atoms with Gasteiger partial charge >= 0.3 is 88.7 Å². The van der Waals surface area contributed by atoms with Gasteiger partial charge in [-0.1, -0.05) is 6.07 Å². The van der Waals surface area contributed by atoms with Crippen LogP contribution in [0.15, 0.2) is 97.0 Å². The molecule has 3 N–H and O–H groups in total. The third kappa shape index (κ3) is 18.2. The first kappa shape index (κ1) is 57.6. The minimum absolute atomic E-state index is 0. The minimum atomic E-state index is -5.07. The van der Waals surface area contributed by atoms with Gasteiger partial charge in [0.15, 0.2) is 37.7 Å². The van der Waals surface area contributed by atoms with E-state index in [9.17, 15) is 50.2 Å². The molecule has 31 heteroatoms. The molecule has 23 nitrogen and oxygen atoms in total. The summed E-state index contributed by atoms with van der Waals surface area (Å²) in [5, 5.41) is 55.4. The Labute approximate surface area is 423 Å². The van der Waals surface area contributed by atoms with E-state index < -0.39 is 65.6 Å². The maximum absolute atomic E-state index is 13.1. The Morgan fingerprint density at radius 2 is 1.44 bits per heavy atom. The second-order valence-corrected chi connectivity index (χ2v) is 18.0. The maximum Gasteiger partial charge on any atom is 1.00 e. The van der Waals surface area contributed by atoms with Crippen molar-refractivity contribution in [2.24, 2.45) is 20.5 Å². The second-order valence-electron chi connectivity index (χ2n) is 11.3. The van der Waals surface area contributed by atoms with Gasteiger partial charge in [-0.05, 0) is 60.7 Å². The number of nitrogens with zero attached hydrogens (tertiary/aromatic N) is 5. The number of phenolic OH excluding ortho intramolecular Hbond substituents is 1. The Balaban J connectivity index is 0.00000620. The Morgan fingerprint density at radius 1 is 0.787 bits per heavy atom. The van der Waals surface area contributed by atoms with E-state index in [1.54, 1.807) is 0 Å². The maximum atomic E-state index is 13.1. The van der Waals surface area contributed by atoms with Crippen molar-refractivity contribution < 1.29 is 166 Å². The minimum Gasteiger partial charge on any atom is -0.726 e. The van der Waals surface area contributed by atoms with Crippen molar-refractivity contribution in [3.8, 4) is 5.75 Å². The van der Waals surface area contributed by atoms with Crippen molar-refractivity contribution in [3.63, 3.8) is 0 Å². The van der Waals surface area contributed by atoms with Crippen LogP contribution in [0.1, 0.15) is 10.4 Å². The molecule has 314 valence electrons. The largest absolute Gasteiger partial charge is 1.00 e. The molecule has 0 aromatic heterocycles. The number of phenols is 1. The predicted molar refractivity (Wildman–Crippen MR) is 198 cm³/mol. The van der Waals surface area contributed by atoms with Gasteiger partial charge in [-0.15, -0.1) is 14.6 Å². The van der Waals surface area contributed by atoms with E-state index in [2.05, 4.69) is 43.4 Å². The Morgan fingerprint density at radius 3 is 2.10 bits per heavy atom. The molecule has 61 heavy (non-hydrogen) atoms. The molecule has 0 radical (unpaired) electrons. The molecule has 4 aromatic rings. The number of carbonyl (C=O) groups is 1. The van der Waals surface area contributed by atoms with Crippen LogP contribution in [0.3, 0.4) is 0 Å². The average Bonchev–Trinajstić information content (AvgIpc) is 3.17. The molecule has 0 saturated carbocycles. The Kier molecular flexibility index (Phi) is 25.7. The zero-order chi connectivity index (χ0) is 42.5. The van der Waals surface area contributed by atoms with E-state index in [1.165, 1.54) is 73.8 Å². The number of aromatic hydroxyl groups is 1. The molecule has 0 unspecified atom stereocenters. The molecule has 4 rings (SSSR count). The monoisotopic (exact) mass is 974 g/mol. The summed E-state index contributed by atoms with van der Waals surface area (Å²) in [4.78, 5) is 14.1. The van der Waals surface area contributed by atoms with E-state index in [4.69, 9.17) is 9.92 Å². The number of sulfone groups is 2. The van der Waals surface area contributed by atoms with Crippen molar-refractivity contribution in [2.45, 2.75) is 9.79 Å². The molecule has 4 aromatic carbocycles. The topological polar surface area (TPSA) is 343 Å². The van der Waals surface area contributed by atoms with Gasteiger partial charge in [-0.3, -0.25) is 23.2 Å². The van der Waals surface area contributed by atoms with Crippen LogP contribution in [0, 0.1) is 0 Å². The van der Waals surface area contributed by atoms with E-state index in [-0.39, 0.29) is 169 Å². The first-order valence-electron chi connectivity index (χ1n) is 15.7. The number of carbonyl (C=O) groups excluding carboxylic acids is 1. The number of anilines is 1. The summed E-state index contributed by atoms with van der Waals surface area (Å²) in [5.74, 6) is -2.84. The number of azo groups is 2. The molecule has 0 aliphatic heterocycles. The van der Waals surface area contributed by atoms with Crippen LogP contribution in [0.25, 0.3) is 10.8 Å². The van der Waals surface area contributed by atoms with Gasteiger partial charge in [0.05, 0.1) is 69.4 Å². The number of rotatable bonds is 22. The van der Waals surface area contributed by atoms with Gasteiger partial charge in [0.2, 0.25) is 10.4 Å². The fourth-order valence-electron chi connectivity index (χ4n) is 4.67. The molecule has 0 aliphatic rings. The summed E-state index contributed by atoms with van der Waals surface area (Å²) >= 11 is 0.538. The van der Waals surface area contributed by atoms with Crippen LogP contribution in [0.4, 0.5) is 28.4 Å². The van der Waals surface area contributed by atoms with Crippen molar-refractivity contribution in [1.82, 2.24) is 4.90 Å². The van der Waals surface area contributed by atoms with Gasteiger partial charge < -0.3 is 30.8 Å². The molecule has 0 atom stereocenters. The van der Waals surface area contributed by atoms with Crippen molar-refractivity contribution >= 4 is 99.6 Å². The molecule has 0 saturated heterocycles. The molecular weight excluding hydrogens is 946 g/mol. The number of benzene rings is 4. The predicted octanol–water partition coefficient (Wildman–Crippen LogP) is -6.26. The van der Waals surface area contributed by atoms with Crippen molar-refractivity contribution in [3.05, 3.63) is 72.3 Å². The van der Waals surface area contributed by atoms with Gasteiger partial charge in [0, 0.05) is 29.9 Å². The molecule has 1 amide bonds. The molecular formula is C30H29N6Na3O17S5. The summed E-state index contributed by atoms with van der Waals surface area (Å²) in [5.41, 5.74) is 6.56. The summed E-state index contributed by atoms with van der Waals surface area (Å²) in [6, 6.07) is 15.3. The SMILES string of the molecule is CN(CCS(=O)(=O)CCOS(=O)(=O)[O-])C(=O)c1cccc(N=Nc2c(SOO[O-])cc3c(N=Nc4ccc(S(=O)(=O)CCOSOO[O-])cc4)c(N)ccc3c2O)c1.[Na+].[Na+].[Na+]. The first-order valence-corrected chi connectivity index (χ1v) is 21.9. The van der Waals surface area contributed by atoms with E-state index in [0.717, 1.165) is 4.90 Å². The zero-order valence-corrected chi connectivity index (χ0v) is 42.5. The van der Waals surface area contributed by atoms with E-state index in [1.807, 2.05) is 0 Å². The third-order valence-electron chi connectivity index (χ3n) is 7.45. The molecule has 0 aliphatic carbocycles. The third-order valence-corrected chi connectivity index (χ3v) is 12.2. The fraction of sp³-hybridized carbons (Fsp3) is 0.233. The summed E-state index contributed by atoms with van der Waals surface area (Å²) in [6.07, 6.45) is 0. The standard InChI is InChI=1S/C30H32N6O17S5.3Na/c1-36(11-14-56(41,42)15-13-49-58(45,46)47)30(38)19-3-2-4-21(17-19)33-35-28-26(54-52-50-39)18-24-23(29(28)37)9-10-25(31)27(24)34-32-20-5-7-22(8-6-20)57(43,44)16-12-48-55-53-51-40;;;/h2-10,17-18,37,39-40H,11-16,31H2,1H3,(H,45,46,47);;;/q;3*+1/p-3. The van der Waals surface area contributed by atoms with Crippen molar-refractivity contribution in [2.75, 3.05) is 49.8 Å². The van der Waals surface area contributed by atoms with Crippen LogP contribution >= 0.6 is 24.4 Å². The van der Waals surface area contributed by atoms with Gasteiger partial charge in [0.25, 0.3) is 5.91 Å². The first-order chi connectivity index (χ1) is 27.4.